The minimum atomic E-state index is -0.315. The van der Waals surface area contributed by atoms with Gasteiger partial charge in [0, 0.05) is 54.8 Å². The van der Waals surface area contributed by atoms with Crippen molar-refractivity contribution < 1.29 is 14.0 Å². The SMILES string of the molecule is CCN(CC)c1ccc(-c2csc(C3CCN(C(=O)CNC(=O)C=Cc4ccco4)CC3)n2)cc1. The molecule has 2 amide bonds. The second-order valence-corrected chi connectivity index (χ2v) is 9.40. The predicted octanol–water partition coefficient (Wildman–Crippen LogP) is 4.78. The Hall–Kier alpha value is -3.39. The fourth-order valence-electron chi connectivity index (χ4n) is 4.29. The molecule has 0 saturated carbocycles. The maximum Gasteiger partial charge on any atom is 0.244 e. The van der Waals surface area contributed by atoms with Crippen molar-refractivity contribution in [3.05, 3.63) is 64.9 Å². The lowest BCUT2D eigenvalue weighted by Crippen LogP contribution is -2.43. The molecule has 1 aromatic carbocycles. The number of anilines is 1. The van der Waals surface area contributed by atoms with Crippen molar-refractivity contribution in [3.8, 4) is 11.3 Å². The number of aromatic nitrogens is 1. The Kier molecular flexibility index (Phi) is 8.36. The predicted molar refractivity (Wildman–Crippen MR) is 140 cm³/mol. The highest BCUT2D eigenvalue weighted by Gasteiger charge is 2.26. The van der Waals surface area contributed by atoms with Crippen LogP contribution in [0.5, 0.6) is 0 Å². The Labute approximate surface area is 210 Å². The Balaban J connectivity index is 1.25. The monoisotopic (exact) mass is 492 g/mol. The molecule has 1 aliphatic rings. The first-order valence-electron chi connectivity index (χ1n) is 12.1. The minimum absolute atomic E-state index is 0.00309. The van der Waals surface area contributed by atoms with E-state index in [-0.39, 0.29) is 18.4 Å². The van der Waals surface area contributed by atoms with E-state index in [4.69, 9.17) is 9.40 Å². The summed E-state index contributed by atoms with van der Waals surface area (Å²) in [6.45, 7) is 7.67. The molecule has 4 rings (SSSR count). The molecule has 0 atom stereocenters. The molecular formula is C27H32N4O3S. The molecule has 8 heteroatoms. The lowest BCUT2D eigenvalue weighted by molar-refractivity contribution is -0.133. The lowest BCUT2D eigenvalue weighted by Gasteiger charge is -2.31. The Morgan fingerprint density at radius 3 is 2.57 bits per heavy atom. The van der Waals surface area contributed by atoms with Crippen LogP contribution in [0.25, 0.3) is 17.3 Å². The van der Waals surface area contributed by atoms with Crippen LogP contribution in [0.1, 0.15) is 43.4 Å². The summed E-state index contributed by atoms with van der Waals surface area (Å²) in [6.07, 6.45) is 6.25. The van der Waals surface area contributed by atoms with Crippen LogP contribution in [0.2, 0.25) is 0 Å². The lowest BCUT2D eigenvalue weighted by atomic mass is 9.97. The number of nitrogens with one attached hydrogen (secondary N) is 1. The number of piperidine rings is 1. The molecule has 0 unspecified atom stereocenters. The first-order chi connectivity index (χ1) is 17.1. The zero-order valence-electron chi connectivity index (χ0n) is 20.3. The molecule has 1 saturated heterocycles. The number of thiazole rings is 1. The summed E-state index contributed by atoms with van der Waals surface area (Å²) < 4.78 is 5.15. The summed E-state index contributed by atoms with van der Waals surface area (Å²) in [7, 11) is 0. The standard InChI is InChI=1S/C27H32N4O3S/c1-3-30(4-2)22-9-7-20(8-10-22)24-19-35-27(29-24)21-13-15-31(16-14-21)26(33)18-28-25(32)12-11-23-6-5-17-34-23/h5-12,17,19,21H,3-4,13-16,18H2,1-2H3,(H,28,32). The van der Waals surface area contributed by atoms with Crippen LogP contribution in [0.4, 0.5) is 5.69 Å². The fourth-order valence-corrected chi connectivity index (χ4v) is 5.29. The van der Waals surface area contributed by atoms with Gasteiger partial charge in [-0.1, -0.05) is 12.1 Å². The molecule has 3 aromatic rings. The van der Waals surface area contributed by atoms with Gasteiger partial charge in [-0.2, -0.15) is 0 Å². The molecule has 3 heterocycles. The minimum Gasteiger partial charge on any atom is -0.465 e. The van der Waals surface area contributed by atoms with Crippen LogP contribution < -0.4 is 10.2 Å². The van der Waals surface area contributed by atoms with Crippen molar-refractivity contribution in [1.82, 2.24) is 15.2 Å². The van der Waals surface area contributed by atoms with Gasteiger partial charge in [0.1, 0.15) is 5.76 Å². The molecule has 1 aliphatic heterocycles. The molecule has 2 aromatic heterocycles. The number of benzene rings is 1. The molecular weight excluding hydrogens is 460 g/mol. The zero-order valence-corrected chi connectivity index (χ0v) is 21.1. The van der Waals surface area contributed by atoms with E-state index in [0.29, 0.717) is 24.8 Å². The van der Waals surface area contributed by atoms with Gasteiger partial charge in [-0.3, -0.25) is 9.59 Å². The van der Waals surface area contributed by atoms with E-state index < -0.39 is 0 Å². The zero-order chi connectivity index (χ0) is 24.6. The third kappa shape index (κ3) is 6.39. The van der Waals surface area contributed by atoms with E-state index in [1.165, 1.54) is 11.8 Å². The number of carbonyl (C=O) groups is 2. The number of furan rings is 1. The summed E-state index contributed by atoms with van der Waals surface area (Å²) in [6, 6.07) is 12.1. The normalized spacial score (nSPS) is 14.4. The van der Waals surface area contributed by atoms with Crippen molar-refractivity contribution in [2.45, 2.75) is 32.6 Å². The number of carbonyl (C=O) groups excluding carboxylic acids is 2. The third-order valence-electron chi connectivity index (χ3n) is 6.37. The molecule has 7 nitrogen and oxygen atoms in total. The van der Waals surface area contributed by atoms with Crippen molar-refractivity contribution in [2.75, 3.05) is 37.6 Å². The van der Waals surface area contributed by atoms with Crippen LogP contribution in [0.15, 0.2) is 58.5 Å². The smallest absolute Gasteiger partial charge is 0.244 e. The molecule has 1 fully saturated rings. The quantitative estimate of drug-likeness (QED) is 0.435. The number of rotatable bonds is 9. The first-order valence-corrected chi connectivity index (χ1v) is 13.0. The van der Waals surface area contributed by atoms with E-state index >= 15 is 0 Å². The fraction of sp³-hybridized carbons (Fsp3) is 0.370. The van der Waals surface area contributed by atoms with E-state index in [9.17, 15) is 9.59 Å². The Morgan fingerprint density at radius 2 is 1.91 bits per heavy atom. The highest BCUT2D eigenvalue weighted by Crippen LogP contribution is 2.33. The van der Waals surface area contributed by atoms with Crippen LogP contribution in [0, 0.1) is 0 Å². The van der Waals surface area contributed by atoms with Gasteiger partial charge in [0.25, 0.3) is 0 Å². The van der Waals surface area contributed by atoms with Crippen LogP contribution in [-0.2, 0) is 9.59 Å². The van der Waals surface area contributed by atoms with Gasteiger partial charge in [0.15, 0.2) is 0 Å². The second kappa shape index (κ2) is 11.8. The van der Waals surface area contributed by atoms with Gasteiger partial charge in [-0.05, 0) is 57.0 Å². The van der Waals surface area contributed by atoms with Crippen molar-refractivity contribution in [2.24, 2.45) is 0 Å². The molecule has 0 radical (unpaired) electrons. The maximum absolute atomic E-state index is 12.5. The van der Waals surface area contributed by atoms with Crippen molar-refractivity contribution in [3.63, 3.8) is 0 Å². The summed E-state index contributed by atoms with van der Waals surface area (Å²) in [4.78, 5) is 33.6. The van der Waals surface area contributed by atoms with Gasteiger partial charge < -0.3 is 19.5 Å². The van der Waals surface area contributed by atoms with Crippen LogP contribution in [-0.4, -0.2) is 54.4 Å². The van der Waals surface area contributed by atoms with Crippen LogP contribution >= 0.6 is 11.3 Å². The highest BCUT2D eigenvalue weighted by molar-refractivity contribution is 7.10. The number of likely N-dealkylation sites (tertiary alicyclic amines) is 1. The van der Waals surface area contributed by atoms with Gasteiger partial charge in [0.05, 0.1) is 23.5 Å². The maximum atomic E-state index is 12.5. The topological polar surface area (TPSA) is 78.7 Å². The first kappa shape index (κ1) is 24.7. The molecule has 184 valence electrons. The van der Waals surface area contributed by atoms with Gasteiger partial charge >= 0.3 is 0 Å². The van der Waals surface area contributed by atoms with Crippen LogP contribution in [0.3, 0.4) is 0 Å². The largest absolute Gasteiger partial charge is 0.465 e. The number of hydrogen-bond donors (Lipinski definition) is 1. The third-order valence-corrected chi connectivity index (χ3v) is 7.37. The van der Waals surface area contributed by atoms with E-state index in [1.54, 1.807) is 35.8 Å². The average Bonchev–Trinajstić information content (AvgIpc) is 3.60. The molecule has 0 spiro atoms. The van der Waals surface area contributed by atoms with Crippen molar-refractivity contribution in [1.29, 1.82) is 0 Å². The number of hydrogen-bond acceptors (Lipinski definition) is 6. The molecule has 0 aliphatic carbocycles. The molecule has 0 bridgehead atoms. The summed E-state index contributed by atoms with van der Waals surface area (Å²) in [5.41, 5.74) is 3.38. The van der Waals surface area contributed by atoms with Gasteiger partial charge in [-0.15, -0.1) is 11.3 Å². The Morgan fingerprint density at radius 1 is 1.17 bits per heavy atom. The number of amides is 2. The van der Waals surface area contributed by atoms with E-state index in [2.05, 4.69) is 53.7 Å². The summed E-state index contributed by atoms with van der Waals surface area (Å²) >= 11 is 1.70. The van der Waals surface area contributed by atoms with E-state index in [0.717, 1.165) is 42.2 Å². The van der Waals surface area contributed by atoms with Crippen molar-refractivity contribution >= 4 is 34.9 Å². The van der Waals surface area contributed by atoms with E-state index in [1.807, 2.05) is 4.90 Å². The summed E-state index contributed by atoms with van der Waals surface area (Å²) in [5, 5.41) is 5.92. The molecule has 1 N–H and O–H groups in total. The average molecular weight is 493 g/mol. The summed E-state index contributed by atoms with van der Waals surface area (Å²) in [5.74, 6) is 0.579. The number of nitrogens with zero attached hydrogens (tertiary/aromatic N) is 3. The highest BCUT2D eigenvalue weighted by atomic mass is 32.1. The van der Waals surface area contributed by atoms with Gasteiger partial charge in [0.2, 0.25) is 11.8 Å². The Bertz CT molecular complexity index is 1130. The second-order valence-electron chi connectivity index (χ2n) is 8.51. The molecule has 35 heavy (non-hydrogen) atoms. The van der Waals surface area contributed by atoms with Gasteiger partial charge in [-0.25, -0.2) is 4.98 Å².